The molecule has 1 aromatic heterocycles. The third-order valence-electron chi connectivity index (χ3n) is 2.86. The number of benzene rings is 1. The summed E-state index contributed by atoms with van der Waals surface area (Å²) in [5.74, 6) is 0.0837. The van der Waals surface area contributed by atoms with Crippen molar-refractivity contribution in [1.82, 2.24) is 10.2 Å². The van der Waals surface area contributed by atoms with E-state index in [1.54, 1.807) is 12.1 Å². The fourth-order valence-electron chi connectivity index (χ4n) is 1.80. The zero-order valence-corrected chi connectivity index (χ0v) is 17.4. The molecule has 1 N–H and O–H groups in total. The molecule has 0 aliphatic heterocycles. The van der Waals surface area contributed by atoms with Crippen molar-refractivity contribution in [3.63, 3.8) is 0 Å². The van der Waals surface area contributed by atoms with E-state index in [0.29, 0.717) is 10.1 Å². The van der Waals surface area contributed by atoms with E-state index >= 15 is 0 Å². The van der Waals surface area contributed by atoms with Gasteiger partial charge in [-0.15, -0.1) is 16.8 Å². The number of thioether (sulfide) groups is 1. The first-order valence-electron chi connectivity index (χ1n) is 7.01. The molecule has 2 rings (SSSR count). The minimum absolute atomic E-state index is 0.0476. The fraction of sp³-hybridized carbons (Fsp3) is 0.214. The highest BCUT2D eigenvalue weighted by Gasteiger charge is 2.24. The van der Waals surface area contributed by atoms with E-state index in [1.807, 2.05) is 0 Å². The highest BCUT2D eigenvalue weighted by atomic mass is 35.5. The number of carbonyl (C=O) groups excluding carboxylic acids is 1. The van der Waals surface area contributed by atoms with Crippen LogP contribution in [0.4, 0.5) is 10.8 Å². The Labute approximate surface area is 169 Å². The van der Waals surface area contributed by atoms with Crippen LogP contribution in [0.1, 0.15) is 0 Å². The van der Waals surface area contributed by atoms with Crippen molar-refractivity contribution in [2.45, 2.75) is 4.34 Å². The van der Waals surface area contributed by atoms with Gasteiger partial charge in [-0.05, 0) is 12.1 Å². The van der Waals surface area contributed by atoms with E-state index in [2.05, 4.69) is 22.1 Å². The number of carbonyl (C=O) groups is 1. The van der Waals surface area contributed by atoms with E-state index in [0.717, 1.165) is 10.6 Å². The Morgan fingerprint density at radius 3 is 2.81 bits per heavy atom. The number of anilines is 2. The molecular formula is C14H14Cl2N4O3S3. The van der Waals surface area contributed by atoms with Gasteiger partial charge >= 0.3 is 0 Å². The van der Waals surface area contributed by atoms with E-state index < -0.39 is 22.5 Å². The Balaban J connectivity index is 2.16. The number of amides is 1. The monoisotopic (exact) mass is 452 g/mol. The quantitative estimate of drug-likeness (QED) is 0.374. The van der Waals surface area contributed by atoms with Crippen molar-refractivity contribution >= 4 is 73.0 Å². The highest BCUT2D eigenvalue weighted by Crippen LogP contribution is 2.33. The lowest BCUT2D eigenvalue weighted by Gasteiger charge is -2.22. The molecule has 140 valence electrons. The number of rotatable bonds is 8. The minimum Gasteiger partial charge on any atom is -0.299 e. The van der Waals surface area contributed by atoms with Gasteiger partial charge in [-0.3, -0.25) is 14.4 Å². The Hall–Kier alpha value is -1.33. The average Bonchev–Trinajstić information content (AvgIpc) is 3.00. The topological polar surface area (TPSA) is 92.3 Å². The summed E-state index contributed by atoms with van der Waals surface area (Å²) in [5, 5.41) is 10.8. The summed E-state index contributed by atoms with van der Waals surface area (Å²) >= 11 is 14.6. The van der Waals surface area contributed by atoms with Crippen molar-refractivity contribution in [2.24, 2.45) is 0 Å². The van der Waals surface area contributed by atoms with Gasteiger partial charge in [0.15, 0.2) is 4.34 Å². The summed E-state index contributed by atoms with van der Waals surface area (Å²) in [6.07, 6.45) is 2.70. The van der Waals surface area contributed by atoms with Crippen LogP contribution in [0.5, 0.6) is 0 Å². The van der Waals surface area contributed by atoms with Crippen LogP contribution in [0.25, 0.3) is 0 Å². The van der Waals surface area contributed by atoms with Gasteiger partial charge in [-0.2, -0.15) is 0 Å². The summed E-state index contributed by atoms with van der Waals surface area (Å²) in [6, 6.07) is 4.54. The molecule has 0 saturated heterocycles. The van der Waals surface area contributed by atoms with Crippen LogP contribution in [-0.2, 0) is 14.8 Å². The molecular weight excluding hydrogens is 439 g/mol. The number of halogens is 2. The van der Waals surface area contributed by atoms with Crippen molar-refractivity contribution in [2.75, 3.05) is 28.2 Å². The van der Waals surface area contributed by atoms with E-state index in [-0.39, 0.29) is 20.9 Å². The minimum atomic E-state index is -3.77. The fourth-order valence-corrected chi connectivity index (χ4v) is 4.64. The van der Waals surface area contributed by atoms with Crippen molar-refractivity contribution in [1.29, 1.82) is 0 Å². The van der Waals surface area contributed by atoms with Gasteiger partial charge in [0, 0.05) is 5.75 Å². The molecule has 0 aliphatic rings. The first kappa shape index (κ1) is 21.0. The molecule has 0 unspecified atom stereocenters. The number of aromatic nitrogens is 2. The number of nitrogens with one attached hydrogen (secondary N) is 1. The molecule has 2 aromatic rings. The Kier molecular flexibility index (Phi) is 7.30. The average molecular weight is 453 g/mol. The molecule has 0 atom stereocenters. The Morgan fingerprint density at radius 1 is 1.42 bits per heavy atom. The molecule has 0 radical (unpaired) electrons. The van der Waals surface area contributed by atoms with Crippen LogP contribution in [0.2, 0.25) is 10.0 Å². The van der Waals surface area contributed by atoms with Gasteiger partial charge in [-0.25, -0.2) is 8.42 Å². The molecule has 12 heteroatoms. The zero-order chi connectivity index (χ0) is 19.3. The van der Waals surface area contributed by atoms with Gasteiger partial charge < -0.3 is 0 Å². The molecule has 7 nitrogen and oxygen atoms in total. The lowest BCUT2D eigenvalue weighted by molar-refractivity contribution is -0.114. The molecule has 0 saturated carbocycles. The number of hydrogen-bond acceptors (Lipinski definition) is 7. The molecule has 26 heavy (non-hydrogen) atoms. The predicted octanol–water partition coefficient (Wildman–Crippen LogP) is 3.53. The van der Waals surface area contributed by atoms with Gasteiger partial charge in [0.05, 0.1) is 22.0 Å². The lowest BCUT2D eigenvalue weighted by atomic mass is 10.3. The van der Waals surface area contributed by atoms with E-state index in [1.165, 1.54) is 35.2 Å². The maximum atomic E-state index is 12.3. The molecule has 1 heterocycles. The smallest absolute Gasteiger partial charge is 0.246 e. The first-order valence-corrected chi connectivity index (χ1v) is 11.4. The maximum Gasteiger partial charge on any atom is 0.246 e. The van der Waals surface area contributed by atoms with Crippen molar-refractivity contribution in [3.05, 3.63) is 40.9 Å². The van der Waals surface area contributed by atoms with Crippen LogP contribution >= 0.6 is 46.3 Å². The molecule has 0 bridgehead atoms. The maximum absolute atomic E-state index is 12.3. The Morgan fingerprint density at radius 2 is 2.15 bits per heavy atom. The number of nitrogens with zero attached hydrogens (tertiary/aromatic N) is 3. The number of sulfonamides is 1. The third kappa shape index (κ3) is 5.58. The summed E-state index contributed by atoms with van der Waals surface area (Å²) in [5.41, 5.74) is 0.122. The van der Waals surface area contributed by atoms with E-state index in [4.69, 9.17) is 23.2 Å². The lowest BCUT2D eigenvalue weighted by Crippen LogP contribution is -2.37. The molecule has 1 aromatic carbocycles. The largest absolute Gasteiger partial charge is 0.299 e. The van der Waals surface area contributed by atoms with Gasteiger partial charge in [0.2, 0.25) is 21.1 Å². The molecule has 0 aliphatic carbocycles. The molecule has 0 spiro atoms. The van der Waals surface area contributed by atoms with Crippen LogP contribution in [0.15, 0.2) is 35.2 Å². The second-order valence-corrected chi connectivity index (χ2v) is 9.80. The number of hydrogen-bond donors (Lipinski definition) is 1. The van der Waals surface area contributed by atoms with Gasteiger partial charge in [-0.1, -0.05) is 58.4 Å². The van der Waals surface area contributed by atoms with Crippen molar-refractivity contribution < 1.29 is 13.2 Å². The van der Waals surface area contributed by atoms with Crippen LogP contribution in [-0.4, -0.2) is 43.1 Å². The second-order valence-electron chi connectivity index (χ2n) is 4.86. The van der Waals surface area contributed by atoms with Crippen LogP contribution in [0.3, 0.4) is 0 Å². The SMILES string of the molecule is C=CCSc1nnc(NC(=O)CN(c2cccc(Cl)c2Cl)S(C)(=O)=O)s1. The van der Waals surface area contributed by atoms with Gasteiger partial charge in [0.25, 0.3) is 0 Å². The van der Waals surface area contributed by atoms with Crippen LogP contribution in [0, 0.1) is 0 Å². The Bertz CT molecular complexity index is 918. The zero-order valence-electron chi connectivity index (χ0n) is 13.5. The highest BCUT2D eigenvalue weighted by molar-refractivity contribution is 8.01. The summed E-state index contributed by atoms with van der Waals surface area (Å²) < 4.78 is 25.8. The summed E-state index contributed by atoms with van der Waals surface area (Å²) in [7, 11) is -3.77. The van der Waals surface area contributed by atoms with Crippen LogP contribution < -0.4 is 9.62 Å². The van der Waals surface area contributed by atoms with E-state index in [9.17, 15) is 13.2 Å². The predicted molar refractivity (Wildman–Crippen MR) is 108 cm³/mol. The van der Waals surface area contributed by atoms with Gasteiger partial charge in [0.1, 0.15) is 6.54 Å². The first-order chi connectivity index (χ1) is 12.2. The molecule has 1 amide bonds. The summed E-state index contributed by atoms with van der Waals surface area (Å²) in [6.45, 7) is 3.13. The molecule has 0 fully saturated rings. The summed E-state index contributed by atoms with van der Waals surface area (Å²) in [4.78, 5) is 12.3. The van der Waals surface area contributed by atoms with Crippen molar-refractivity contribution in [3.8, 4) is 0 Å². The second kappa shape index (κ2) is 9.05. The normalized spacial score (nSPS) is 11.2. The third-order valence-corrected chi connectivity index (χ3v) is 6.77. The standard InChI is InChI=1S/C14H14Cl2N4O3S3/c1-3-7-24-14-19-18-13(25-14)17-11(21)8-20(26(2,22)23)10-6-4-5-9(15)12(10)16/h3-6H,1,7-8H2,2H3,(H,17,18,21).